The smallest absolute Gasteiger partial charge is 0.277 e. The molecule has 2 aliphatic rings. The topological polar surface area (TPSA) is 167 Å². The van der Waals surface area contributed by atoms with Gasteiger partial charge in [0.25, 0.3) is 23.6 Å². The molecule has 0 fully saturated rings. The summed E-state index contributed by atoms with van der Waals surface area (Å²) in [4.78, 5) is 40.6. The molecule has 0 aromatic carbocycles. The highest BCUT2D eigenvalue weighted by Crippen LogP contribution is 1.97. The summed E-state index contributed by atoms with van der Waals surface area (Å²) in [5.74, 6) is -2.74. The fraction of sp³-hybridized carbons (Fsp3) is 0.200. The lowest BCUT2D eigenvalue weighted by atomic mass is 10.6. The van der Waals surface area contributed by atoms with Crippen molar-refractivity contribution in [3.8, 4) is 0 Å². The van der Waals surface area contributed by atoms with Gasteiger partial charge in [-0.1, -0.05) is 0 Å². The average molecular weight is 286 g/mol. The Morgan fingerprint density at radius 3 is 0.950 bits per heavy atom. The highest BCUT2D eigenvalue weighted by atomic mass is 16.5. The maximum Gasteiger partial charge on any atom is 0.277 e. The van der Waals surface area contributed by atoms with Crippen molar-refractivity contribution in [3.05, 3.63) is 24.3 Å². The lowest BCUT2D eigenvalue weighted by molar-refractivity contribution is -0.170. The van der Waals surface area contributed by atoms with Gasteiger partial charge >= 0.3 is 0 Å². The van der Waals surface area contributed by atoms with Crippen LogP contribution in [0.1, 0.15) is 0 Å². The maximum atomic E-state index is 10.2. The Balaban J connectivity index is 0.000000289. The van der Waals surface area contributed by atoms with Crippen molar-refractivity contribution >= 4 is 23.6 Å². The maximum absolute atomic E-state index is 10.2. The highest BCUT2D eigenvalue weighted by Gasteiger charge is 2.20. The van der Waals surface area contributed by atoms with E-state index in [0.29, 0.717) is 13.1 Å². The first-order chi connectivity index (χ1) is 9.34. The van der Waals surface area contributed by atoms with Crippen molar-refractivity contribution in [1.29, 1.82) is 0 Å². The highest BCUT2D eigenvalue weighted by molar-refractivity contribution is 6.12. The second kappa shape index (κ2) is 8.66. The number of nitrogens with two attached hydrogens (primary N) is 2. The van der Waals surface area contributed by atoms with Crippen molar-refractivity contribution in [2.75, 3.05) is 13.1 Å². The first kappa shape index (κ1) is 17.6. The number of nitrogens with zero attached hydrogens (tertiary/aromatic N) is 2. The van der Waals surface area contributed by atoms with Gasteiger partial charge in [-0.15, -0.1) is 10.1 Å². The molecule has 2 aliphatic heterocycles. The molecule has 2 rings (SSSR count). The molecule has 2 heterocycles. The van der Waals surface area contributed by atoms with Gasteiger partial charge < -0.3 is 11.5 Å². The van der Waals surface area contributed by atoms with E-state index in [0.717, 1.165) is 24.3 Å². The first-order valence-corrected chi connectivity index (χ1v) is 5.25. The van der Waals surface area contributed by atoms with Gasteiger partial charge in [0, 0.05) is 37.4 Å². The van der Waals surface area contributed by atoms with Gasteiger partial charge in [-0.25, -0.2) is 0 Å². The van der Waals surface area contributed by atoms with Crippen LogP contribution in [0.15, 0.2) is 24.3 Å². The standard InChI is InChI=1S/2C4H3NO3.C2H8N2/c2*6-3-1-2-4(7)5(3)8;3-1-2-4/h2*1-2,8H;1-4H2. The van der Waals surface area contributed by atoms with Gasteiger partial charge in [0.05, 0.1) is 0 Å². The Morgan fingerprint density at radius 1 is 0.700 bits per heavy atom. The molecule has 4 amide bonds. The summed E-state index contributed by atoms with van der Waals surface area (Å²) in [5, 5.41) is 16.8. The molecule has 6 N–H and O–H groups in total. The van der Waals surface area contributed by atoms with Crippen LogP contribution in [0, 0.1) is 0 Å². The molecule has 0 saturated carbocycles. The number of carbonyl (C=O) groups excluding carboxylic acids is 4. The second-order valence-electron chi connectivity index (χ2n) is 3.22. The molecule has 20 heavy (non-hydrogen) atoms. The predicted octanol–water partition coefficient (Wildman–Crippen LogP) is -2.49. The number of rotatable bonds is 1. The minimum absolute atomic E-state index is 0.0556. The second-order valence-corrected chi connectivity index (χ2v) is 3.22. The number of hydrogen-bond acceptors (Lipinski definition) is 8. The van der Waals surface area contributed by atoms with Crippen molar-refractivity contribution in [1.82, 2.24) is 10.1 Å². The fourth-order valence-corrected chi connectivity index (χ4v) is 0.785. The summed E-state index contributed by atoms with van der Waals surface area (Å²) < 4.78 is 0. The predicted molar refractivity (Wildman–Crippen MR) is 63.7 cm³/mol. The lowest BCUT2D eigenvalue weighted by Crippen LogP contribution is -2.25. The quantitative estimate of drug-likeness (QED) is 0.303. The van der Waals surface area contributed by atoms with E-state index < -0.39 is 23.6 Å². The van der Waals surface area contributed by atoms with E-state index in [4.69, 9.17) is 21.9 Å². The van der Waals surface area contributed by atoms with Crippen LogP contribution in [-0.4, -0.2) is 57.3 Å². The van der Waals surface area contributed by atoms with E-state index in [1.54, 1.807) is 0 Å². The van der Waals surface area contributed by atoms with E-state index in [9.17, 15) is 19.2 Å². The van der Waals surface area contributed by atoms with Crippen LogP contribution in [-0.2, 0) is 19.2 Å². The molecule has 0 spiro atoms. The largest absolute Gasteiger partial charge is 0.329 e. The van der Waals surface area contributed by atoms with Crippen LogP contribution in [0.3, 0.4) is 0 Å². The third-order valence-electron chi connectivity index (χ3n) is 1.74. The third kappa shape index (κ3) is 5.49. The molecule has 0 radical (unpaired) electrons. The van der Waals surface area contributed by atoms with E-state index in [1.165, 1.54) is 0 Å². The van der Waals surface area contributed by atoms with Crippen LogP contribution >= 0.6 is 0 Å². The molecule has 0 aromatic rings. The molecule has 0 aromatic heterocycles. The normalized spacial score (nSPS) is 16.2. The lowest BCUT2D eigenvalue weighted by Gasteiger charge is -1.98. The van der Waals surface area contributed by atoms with Crippen LogP contribution in [0.5, 0.6) is 0 Å². The summed E-state index contributed by atoms with van der Waals surface area (Å²) in [6.07, 6.45) is 4.01. The Kier molecular flexibility index (Phi) is 7.62. The molecule has 110 valence electrons. The van der Waals surface area contributed by atoms with E-state index in [2.05, 4.69) is 0 Å². The van der Waals surface area contributed by atoms with E-state index >= 15 is 0 Å². The van der Waals surface area contributed by atoms with Crippen LogP contribution in [0.2, 0.25) is 0 Å². The zero-order chi connectivity index (χ0) is 15.7. The van der Waals surface area contributed by atoms with Crippen LogP contribution in [0.25, 0.3) is 0 Å². The molecular formula is C10H14N4O6. The average Bonchev–Trinajstić information content (AvgIpc) is 2.90. The monoisotopic (exact) mass is 286 g/mol. The Morgan fingerprint density at radius 2 is 0.900 bits per heavy atom. The fourth-order valence-electron chi connectivity index (χ4n) is 0.785. The van der Waals surface area contributed by atoms with Crippen molar-refractivity contribution < 1.29 is 29.6 Å². The molecule has 0 saturated heterocycles. The molecule has 0 bridgehead atoms. The Labute approximate surface area is 113 Å². The summed E-state index contributed by atoms with van der Waals surface area (Å²) in [5.41, 5.74) is 9.81. The SMILES string of the molecule is NCCN.O=C1C=CC(=O)N1O.O=C1C=CC(=O)N1O. The van der Waals surface area contributed by atoms with Crippen molar-refractivity contribution in [3.63, 3.8) is 0 Å². The molecule has 0 unspecified atom stereocenters. The van der Waals surface area contributed by atoms with Gasteiger partial charge in [0.15, 0.2) is 0 Å². The zero-order valence-corrected chi connectivity index (χ0v) is 10.3. The number of hydrogen-bond donors (Lipinski definition) is 4. The number of amides is 4. The molecule has 10 nitrogen and oxygen atoms in total. The van der Waals surface area contributed by atoms with Gasteiger partial charge in [-0.2, -0.15) is 0 Å². The minimum atomic E-state index is -0.685. The zero-order valence-electron chi connectivity index (χ0n) is 10.3. The number of carbonyl (C=O) groups is 4. The Bertz CT molecular complexity index is 381. The first-order valence-electron chi connectivity index (χ1n) is 5.25. The summed E-state index contributed by atoms with van der Waals surface area (Å²) in [6.45, 7) is 1.19. The Hall–Kier alpha value is -2.40. The van der Waals surface area contributed by atoms with E-state index in [-0.39, 0.29) is 10.1 Å². The third-order valence-corrected chi connectivity index (χ3v) is 1.74. The molecule has 0 aliphatic carbocycles. The van der Waals surface area contributed by atoms with Gasteiger partial charge in [-0.05, 0) is 0 Å². The van der Waals surface area contributed by atoms with Gasteiger partial charge in [0.1, 0.15) is 0 Å². The summed E-state index contributed by atoms with van der Waals surface area (Å²) in [6, 6.07) is 0. The molecule has 0 atom stereocenters. The summed E-state index contributed by atoms with van der Waals surface area (Å²) >= 11 is 0. The van der Waals surface area contributed by atoms with Crippen molar-refractivity contribution in [2.24, 2.45) is 11.5 Å². The van der Waals surface area contributed by atoms with Gasteiger partial charge in [0.2, 0.25) is 0 Å². The number of imide groups is 2. The minimum Gasteiger partial charge on any atom is -0.329 e. The number of hydroxylamine groups is 4. The molecule has 10 heteroatoms. The van der Waals surface area contributed by atoms with Gasteiger partial charge in [-0.3, -0.25) is 29.6 Å². The molecular weight excluding hydrogens is 272 g/mol. The van der Waals surface area contributed by atoms with Crippen molar-refractivity contribution in [2.45, 2.75) is 0 Å². The summed E-state index contributed by atoms with van der Waals surface area (Å²) in [7, 11) is 0. The van der Waals surface area contributed by atoms with Crippen LogP contribution < -0.4 is 11.5 Å². The van der Waals surface area contributed by atoms with E-state index in [1.807, 2.05) is 0 Å². The van der Waals surface area contributed by atoms with Crippen LogP contribution in [0.4, 0.5) is 0 Å².